The zero-order valence-electron chi connectivity index (χ0n) is 13.6. The van der Waals surface area contributed by atoms with E-state index in [1.54, 1.807) is 18.7 Å². The summed E-state index contributed by atoms with van der Waals surface area (Å²) in [6, 6.07) is 3.15. The molecule has 1 atom stereocenters. The van der Waals surface area contributed by atoms with E-state index in [0.717, 1.165) is 12.1 Å². The van der Waals surface area contributed by atoms with Gasteiger partial charge >= 0.3 is 5.76 Å². The number of alkyl halides is 2. The first-order valence-electron chi connectivity index (χ1n) is 6.68. The highest BCUT2D eigenvalue weighted by molar-refractivity contribution is 7.93. The van der Waals surface area contributed by atoms with Gasteiger partial charge in [-0.05, 0) is 26.1 Å². The van der Waals surface area contributed by atoms with Crippen molar-refractivity contribution in [2.45, 2.75) is 23.6 Å². The minimum absolute atomic E-state index is 0. The third-order valence-corrected chi connectivity index (χ3v) is 5.49. The molecule has 1 aromatic rings. The highest BCUT2D eigenvalue weighted by atomic mass is 35.5. The average Bonchev–Trinajstić information content (AvgIpc) is 2.51. The van der Waals surface area contributed by atoms with Crippen molar-refractivity contribution < 1.29 is 30.4 Å². The maximum atomic E-state index is 12.6. The van der Waals surface area contributed by atoms with Gasteiger partial charge in [-0.3, -0.25) is 4.72 Å². The van der Waals surface area contributed by atoms with Gasteiger partial charge in [0.1, 0.15) is 10.6 Å². The fourth-order valence-corrected chi connectivity index (χ4v) is 3.46. The Morgan fingerprint density at radius 2 is 1.80 bits per heavy atom. The smallest absolute Gasteiger partial charge is 0.355 e. The largest absolute Gasteiger partial charge is 0.497 e. The van der Waals surface area contributed by atoms with Gasteiger partial charge in [0.25, 0.3) is 10.0 Å². The molecule has 3 N–H and O–H groups in total. The lowest BCUT2D eigenvalue weighted by molar-refractivity contribution is 0.236. The highest BCUT2D eigenvalue weighted by Crippen LogP contribution is 2.28. The normalized spacial score (nSPS) is 13.2. The predicted octanol–water partition coefficient (Wildman–Crippen LogP) is 0.968. The molecule has 0 amide bonds. The molecule has 0 fully saturated rings. The Kier molecular flexibility index (Phi) is 9.02. The lowest BCUT2D eigenvalue weighted by atomic mass is 10.3. The van der Waals surface area contributed by atoms with E-state index >= 15 is 0 Å². The molecule has 0 saturated carbocycles. The van der Waals surface area contributed by atoms with Crippen LogP contribution in [-0.2, 0) is 20.0 Å². The summed E-state index contributed by atoms with van der Waals surface area (Å²) in [4.78, 5) is -0.490. The summed E-state index contributed by atoms with van der Waals surface area (Å²) in [5.74, 6) is -3.61. The van der Waals surface area contributed by atoms with Crippen LogP contribution in [0.15, 0.2) is 23.1 Å². The Balaban J connectivity index is 0.00000576. The summed E-state index contributed by atoms with van der Waals surface area (Å²) in [6.07, 6.45) is 0. The van der Waals surface area contributed by atoms with Gasteiger partial charge in [-0.15, -0.1) is 12.4 Å². The van der Waals surface area contributed by atoms with Gasteiger partial charge < -0.3 is 10.1 Å². The maximum absolute atomic E-state index is 12.6. The number of benzene rings is 1. The van der Waals surface area contributed by atoms with Crippen LogP contribution in [0.1, 0.15) is 6.92 Å². The molecule has 1 aromatic carbocycles. The molecule has 0 bridgehead atoms. The first-order chi connectivity index (χ1) is 11.0. The number of sulfonamides is 2. The molecule has 146 valence electrons. The van der Waals surface area contributed by atoms with Gasteiger partial charge in [0.15, 0.2) is 0 Å². The monoisotopic (exact) mass is 423 g/mol. The van der Waals surface area contributed by atoms with Crippen LogP contribution in [0.25, 0.3) is 0 Å². The van der Waals surface area contributed by atoms with Gasteiger partial charge in [0, 0.05) is 18.7 Å². The molecule has 0 aliphatic carbocycles. The zero-order valence-corrected chi connectivity index (χ0v) is 16.1. The molecule has 13 heteroatoms. The molecule has 1 rings (SSSR count). The molecule has 0 saturated heterocycles. The van der Waals surface area contributed by atoms with Crippen LogP contribution in [0.3, 0.4) is 0 Å². The second-order valence-electron chi connectivity index (χ2n) is 4.81. The fraction of sp³-hybridized carbons (Fsp3) is 0.500. The first-order valence-corrected chi connectivity index (χ1v) is 9.71. The highest BCUT2D eigenvalue weighted by Gasteiger charge is 2.28. The molecule has 0 spiro atoms. The molecular formula is C12H20ClF2N3O5S2. The van der Waals surface area contributed by atoms with Crippen molar-refractivity contribution in [1.82, 2.24) is 10.0 Å². The van der Waals surface area contributed by atoms with Gasteiger partial charge in [0.2, 0.25) is 10.0 Å². The number of likely N-dealkylation sites (N-methyl/N-ethyl adjacent to an activating group) is 1. The van der Waals surface area contributed by atoms with E-state index in [2.05, 4.69) is 10.0 Å². The SMILES string of the molecule is CNC(C)CNS(=O)(=O)c1ccc(OC)cc1NS(=O)(=O)C(F)F.Cl. The Labute approximate surface area is 151 Å². The molecular weight excluding hydrogens is 404 g/mol. The molecule has 0 aliphatic rings. The van der Waals surface area contributed by atoms with Crippen LogP contribution in [0.2, 0.25) is 0 Å². The van der Waals surface area contributed by atoms with E-state index in [1.165, 1.54) is 13.2 Å². The second-order valence-corrected chi connectivity index (χ2v) is 8.20. The summed E-state index contributed by atoms with van der Waals surface area (Å²) in [5.41, 5.74) is -0.528. The fourth-order valence-electron chi connectivity index (χ4n) is 1.56. The average molecular weight is 424 g/mol. The zero-order chi connectivity index (χ0) is 18.5. The number of nitrogens with one attached hydrogen (secondary N) is 3. The van der Waals surface area contributed by atoms with Crippen LogP contribution >= 0.6 is 12.4 Å². The quantitative estimate of drug-likeness (QED) is 0.545. The Hall–Kier alpha value is -1.21. The van der Waals surface area contributed by atoms with E-state index in [0.29, 0.717) is 0 Å². The van der Waals surface area contributed by atoms with Crippen LogP contribution in [-0.4, -0.2) is 49.3 Å². The number of hydrogen-bond acceptors (Lipinski definition) is 6. The summed E-state index contributed by atoms with van der Waals surface area (Å²) in [5, 5.41) is 2.82. The molecule has 25 heavy (non-hydrogen) atoms. The molecule has 0 aromatic heterocycles. The van der Waals surface area contributed by atoms with Crippen LogP contribution < -0.4 is 19.5 Å². The number of methoxy groups -OCH3 is 1. The number of halogens is 3. The minimum atomic E-state index is -5.04. The summed E-state index contributed by atoms with van der Waals surface area (Å²) in [7, 11) is -6.28. The summed E-state index contributed by atoms with van der Waals surface area (Å²) in [6.45, 7) is 1.74. The van der Waals surface area contributed by atoms with E-state index in [9.17, 15) is 25.6 Å². The Morgan fingerprint density at radius 1 is 1.20 bits per heavy atom. The maximum Gasteiger partial charge on any atom is 0.355 e. The Bertz CT molecular complexity index is 775. The lowest BCUT2D eigenvalue weighted by Gasteiger charge is -2.16. The van der Waals surface area contributed by atoms with Crippen LogP contribution in [0.5, 0.6) is 5.75 Å². The number of ether oxygens (including phenoxy) is 1. The van der Waals surface area contributed by atoms with E-state index in [4.69, 9.17) is 4.74 Å². The number of anilines is 1. The second kappa shape index (κ2) is 9.48. The lowest BCUT2D eigenvalue weighted by Crippen LogP contribution is -2.37. The summed E-state index contributed by atoms with van der Waals surface area (Å²) >= 11 is 0. The standard InChI is InChI=1S/C12H19F2N3O5S2.ClH/c1-8(15-2)7-16-23(18,19)11-5-4-9(22-3)6-10(11)17-24(20,21)12(13)14;/h4-6,8,12,15-17H,7H2,1-3H3;1H. The van der Waals surface area contributed by atoms with E-state index < -0.39 is 36.4 Å². The molecule has 0 heterocycles. The molecule has 0 aliphatic heterocycles. The predicted molar refractivity (Wildman–Crippen MR) is 92.5 cm³/mol. The summed E-state index contributed by atoms with van der Waals surface area (Å²) < 4.78 is 81.2. The minimum Gasteiger partial charge on any atom is -0.497 e. The van der Waals surface area contributed by atoms with Crippen LogP contribution in [0.4, 0.5) is 14.5 Å². The van der Waals surface area contributed by atoms with Crippen molar-refractivity contribution in [3.8, 4) is 5.75 Å². The van der Waals surface area contributed by atoms with Gasteiger partial charge in [-0.2, -0.15) is 8.78 Å². The van der Waals surface area contributed by atoms with Gasteiger partial charge in [-0.1, -0.05) is 0 Å². The van der Waals surface area contributed by atoms with Gasteiger partial charge in [-0.25, -0.2) is 21.6 Å². The molecule has 0 radical (unpaired) electrons. The van der Waals surface area contributed by atoms with Crippen molar-refractivity contribution in [3.05, 3.63) is 18.2 Å². The van der Waals surface area contributed by atoms with Crippen LogP contribution in [0, 0.1) is 0 Å². The van der Waals surface area contributed by atoms with Crippen molar-refractivity contribution in [1.29, 1.82) is 0 Å². The molecule has 8 nitrogen and oxygen atoms in total. The number of hydrogen-bond donors (Lipinski definition) is 3. The molecule has 1 unspecified atom stereocenters. The van der Waals surface area contributed by atoms with Crippen molar-refractivity contribution in [3.63, 3.8) is 0 Å². The topological polar surface area (TPSA) is 114 Å². The van der Waals surface area contributed by atoms with Crippen molar-refractivity contribution in [2.24, 2.45) is 0 Å². The van der Waals surface area contributed by atoms with Crippen molar-refractivity contribution >= 4 is 38.1 Å². The first kappa shape index (κ1) is 23.8. The van der Waals surface area contributed by atoms with E-state index in [1.807, 2.05) is 0 Å². The van der Waals surface area contributed by atoms with Gasteiger partial charge in [0.05, 0.1) is 12.8 Å². The third kappa shape index (κ3) is 6.55. The third-order valence-electron chi connectivity index (χ3n) is 3.04. The van der Waals surface area contributed by atoms with Crippen molar-refractivity contribution in [2.75, 3.05) is 25.4 Å². The van der Waals surface area contributed by atoms with E-state index in [-0.39, 0.29) is 30.7 Å². The Morgan fingerprint density at radius 3 is 2.28 bits per heavy atom. The number of rotatable bonds is 9.